The van der Waals surface area contributed by atoms with E-state index in [1.165, 1.54) is 40.5 Å². The van der Waals surface area contributed by atoms with E-state index in [9.17, 15) is 19.7 Å². The number of thiazole rings is 1. The van der Waals surface area contributed by atoms with Gasteiger partial charge in [-0.1, -0.05) is 6.07 Å². The lowest BCUT2D eigenvalue weighted by atomic mass is 10.1. The molecule has 1 N–H and O–H groups in total. The molecule has 2 heterocycles. The molecule has 0 radical (unpaired) electrons. The molecule has 148 valence electrons. The van der Waals surface area contributed by atoms with Gasteiger partial charge in [0.25, 0.3) is 11.6 Å². The van der Waals surface area contributed by atoms with Gasteiger partial charge in [0.15, 0.2) is 5.13 Å². The summed E-state index contributed by atoms with van der Waals surface area (Å²) in [5, 5.41) is 16.0. The van der Waals surface area contributed by atoms with Crippen molar-refractivity contribution < 1.29 is 19.2 Å². The summed E-state index contributed by atoms with van der Waals surface area (Å²) in [6.45, 7) is 2.49. The number of ether oxygens (including phenoxy) is 1. The van der Waals surface area contributed by atoms with E-state index in [1.807, 2.05) is 12.3 Å². The first-order valence-electron chi connectivity index (χ1n) is 8.79. The third-order valence-electron chi connectivity index (χ3n) is 4.24. The number of nitro benzene ring substituents is 1. The molecule has 0 unspecified atom stereocenters. The summed E-state index contributed by atoms with van der Waals surface area (Å²) in [7, 11) is 0. The number of aryl methyl sites for hydroxylation is 1. The molecule has 1 aromatic carbocycles. The molecule has 28 heavy (non-hydrogen) atoms. The van der Waals surface area contributed by atoms with Crippen LogP contribution in [0, 0.1) is 17.0 Å². The Bertz CT molecular complexity index is 878. The number of carbonyl (C=O) groups is 2. The van der Waals surface area contributed by atoms with E-state index in [0.29, 0.717) is 11.7 Å². The van der Waals surface area contributed by atoms with Crippen molar-refractivity contribution in [3.63, 3.8) is 0 Å². The number of carbonyl (C=O) groups excluding carboxylic acids is 2. The maximum Gasteiger partial charge on any atom is 0.270 e. The smallest absolute Gasteiger partial charge is 0.270 e. The molecule has 0 saturated carbocycles. The molecule has 0 spiro atoms. The maximum absolute atomic E-state index is 13.0. The lowest BCUT2D eigenvalue weighted by molar-refractivity contribution is -0.384. The van der Waals surface area contributed by atoms with E-state index < -0.39 is 10.8 Å². The van der Waals surface area contributed by atoms with Crippen molar-refractivity contribution >= 4 is 34.0 Å². The van der Waals surface area contributed by atoms with Gasteiger partial charge >= 0.3 is 0 Å². The number of rotatable bonds is 7. The van der Waals surface area contributed by atoms with E-state index >= 15 is 0 Å². The van der Waals surface area contributed by atoms with Gasteiger partial charge in [0.1, 0.15) is 6.54 Å². The third kappa shape index (κ3) is 5.11. The lowest BCUT2D eigenvalue weighted by Crippen LogP contribution is -2.42. The number of nitrogens with one attached hydrogen (secondary N) is 1. The van der Waals surface area contributed by atoms with Crippen LogP contribution >= 0.6 is 11.3 Å². The van der Waals surface area contributed by atoms with Crippen molar-refractivity contribution in [2.45, 2.75) is 25.9 Å². The predicted octanol–water partition coefficient (Wildman–Crippen LogP) is 2.62. The monoisotopic (exact) mass is 404 g/mol. The molecule has 1 aliphatic heterocycles. The molecule has 10 heteroatoms. The zero-order valence-electron chi connectivity index (χ0n) is 15.3. The molecular weight excluding hydrogens is 384 g/mol. The van der Waals surface area contributed by atoms with Crippen LogP contribution in [0.5, 0.6) is 0 Å². The van der Waals surface area contributed by atoms with Crippen molar-refractivity contribution in [3.05, 3.63) is 51.0 Å². The van der Waals surface area contributed by atoms with E-state index in [2.05, 4.69) is 10.3 Å². The second-order valence-electron chi connectivity index (χ2n) is 6.47. The summed E-state index contributed by atoms with van der Waals surface area (Å²) >= 11 is 1.30. The number of aromatic nitrogens is 1. The fourth-order valence-corrected chi connectivity index (χ4v) is 3.64. The number of benzene rings is 1. The van der Waals surface area contributed by atoms with Gasteiger partial charge in [-0.25, -0.2) is 4.98 Å². The Hall–Kier alpha value is -2.85. The van der Waals surface area contributed by atoms with Gasteiger partial charge in [0.05, 0.1) is 16.7 Å². The summed E-state index contributed by atoms with van der Waals surface area (Å²) in [5.74, 6) is -0.837. The summed E-state index contributed by atoms with van der Waals surface area (Å²) in [6.07, 6.45) is 1.54. The Morgan fingerprint density at radius 3 is 2.93 bits per heavy atom. The Kier molecular flexibility index (Phi) is 6.32. The Morgan fingerprint density at radius 2 is 2.29 bits per heavy atom. The highest BCUT2D eigenvalue weighted by Gasteiger charge is 2.26. The number of hydrogen-bond donors (Lipinski definition) is 1. The van der Waals surface area contributed by atoms with Crippen LogP contribution < -0.4 is 5.32 Å². The van der Waals surface area contributed by atoms with Gasteiger partial charge in [-0.2, -0.15) is 0 Å². The second-order valence-corrected chi connectivity index (χ2v) is 7.33. The molecule has 3 rings (SSSR count). The zero-order valence-corrected chi connectivity index (χ0v) is 16.1. The van der Waals surface area contributed by atoms with Crippen LogP contribution in [-0.2, 0) is 9.53 Å². The van der Waals surface area contributed by atoms with Gasteiger partial charge in [-0.3, -0.25) is 19.7 Å². The van der Waals surface area contributed by atoms with Crippen molar-refractivity contribution in [2.24, 2.45) is 0 Å². The number of nitrogens with zero attached hydrogens (tertiary/aromatic N) is 3. The average molecular weight is 404 g/mol. The average Bonchev–Trinajstić information content (AvgIpc) is 3.32. The van der Waals surface area contributed by atoms with E-state index in [4.69, 9.17) is 4.74 Å². The molecule has 0 bridgehead atoms. The molecule has 2 aromatic rings. The van der Waals surface area contributed by atoms with Crippen LogP contribution in [0.25, 0.3) is 0 Å². The molecule has 1 aliphatic rings. The van der Waals surface area contributed by atoms with Gasteiger partial charge < -0.3 is 15.0 Å². The molecule has 1 saturated heterocycles. The topological polar surface area (TPSA) is 115 Å². The summed E-state index contributed by atoms with van der Waals surface area (Å²) < 4.78 is 5.59. The third-order valence-corrected chi connectivity index (χ3v) is 5.11. The van der Waals surface area contributed by atoms with Crippen LogP contribution in [0.1, 0.15) is 28.9 Å². The minimum absolute atomic E-state index is 0.155. The molecule has 1 aromatic heterocycles. The Labute approximate surface area is 165 Å². The van der Waals surface area contributed by atoms with Crippen molar-refractivity contribution in [1.29, 1.82) is 0 Å². The van der Waals surface area contributed by atoms with Gasteiger partial charge in [0.2, 0.25) is 5.91 Å². The highest BCUT2D eigenvalue weighted by Crippen LogP contribution is 2.19. The quantitative estimate of drug-likeness (QED) is 0.560. The van der Waals surface area contributed by atoms with Crippen LogP contribution in [0.3, 0.4) is 0 Å². The maximum atomic E-state index is 13.0. The minimum atomic E-state index is -0.557. The molecule has 0 aliphatic carbocycles. The summed E-state index contributed by atoms with van der Waals surface area (Å²) in [6, 6.07) is 5.49. The van der Waals surface area contributed by atoms with Gasteiger partial charge in [-0.05, 0) is 25.8 Å². The first-order valence-corrected chi connectivity index (χ1v) is 9.67. The number of hydrogen-bond acceptors (Lipinski definition) is 7. The van der Waals surface area contributed by atoms with Gasteiger partial charge in [-0.15, -0.1) is 11.3 Å². The normalized spacial score (nSPS) is 16.0. The first kappa shape index (κ1) is 19.9. The number of non-ortho nitro benzene ring substituents is 1. The molecule has 9 nitrogen and oxygen atoms in total. The molecule has 1 fully saturated rings. The number of anilines is 1. The van der Waals surface area contributed by atoms with E-state index in [1.54, 1.807) is 0 Å². The summed E-state index contributed by atoms with van der Waals surface area (Å²) in [5.41, 5.74) is 0.778. The fourth-order valence-electron chi connectivity index (χ4n) is 2.93. The van der Waals surface area contributed by atoms with Crippen LogP contribution in [0.2, 0.25) is 0 Å². The van der Waals surface area contributed by atoms with Crippen molar-refractivity contribution in [2.75, 3.05) is 25.0 Å². The van der Waals surface area contributed by atoms with Crippen LogP contribution in [-0.4, -0.2) is 52.4 Å². The standard InChI is InChI=1S/C18H20N4O5S/c1-12-11-28-18(19-12)20-16(23)10-21(9-15-6-3-7-27-15)17(24)13-4-2-5-14(8-13)22(25)26/h2,4-5,8,11,15H,3,6-7,9-10H2,1H3,(H,19,20,23)/t15-/m1/s1. The second kappa shape index (κ2) is 8.89. The highest BCUT2D eigenvalue weighted by molar-refractivity contribution is 7.13. The molecule has 2 amide bonds. The first-order chi connectivity index (χ1) is 13.4. The van der Waals surface area contributed by atoms with Crippen molar-refractivity contribution in [1.82, 2.24) is 9.88 Å². The highest BCUT2D eigenvalue weighted by atomic mass is 32.1. The fraction of sp³-hybridized carbons (Fsp3) is 0.389. The SMILES string of the molecule is Cc1csc(NC(=O)CN(C[C@H]2CCCO2)C(=O)c2cccc([N+](=O)[O-])c2)n1. The zero-order chi connectivity index (χ0) is 20.1. The van der Waals surface area contributed by atoms with E-state index in [-0.39, 0.29) is 36.4 Å². The Morgan fingerprint density at radius 1 is 1.46 bits per heavy atom. The van der Waals surface area contributed by atoms with Gasteiger partial charge in [0, 0.05) is 36.2 Å². The lowest BCUT2D eigenvalue weighted by Gasteiger charge is -2.25. The number of amides is 2. The molecular formula is C18H20N4O5S. The van der Waals surface area contributed by atoms with Crippen LogP contribution in [0.4, 0.5) is 10.8 Å². The minimum Gasteiger partial charge on any atom is -0.376 e. The van der Waals surface area contributed by atoms with Crippen LogP contribution in [0.15, 0.2) is 29.6 Å². The van der Waals surface area contributed by atoms with Crippen molar-refractivity contribution in [3.8, 4) is 0 Å². The summed E-state index contributed by atoms with van der Waals surface area (Å²) in [4.78, 5) is 41.4. The number of nitro groups is 1. The largest absolute Gasteiger partial charge is 0.376 e. The molecule has 1 atom stereocenters. The predicted molar refractivity (Wildman–Crippen MR) is 103 cm³/mol. The van der Waals surface area contributed by atoms with E-state index in [0.717, 1.165) is 18.5 Å². The Balaban J connectivity index is 1.75.